The van der Waals surface area contributed by atoms with Crippen molar-refractivity contribution in [3.63, 3.8) is 0 Å². The molecule has 1 fully saturated rings. The molecule has 0 saturated carbocycles. The summed E-state index contributed by atoms with van der Waals surface area (Å²) in [4.78, 5) is 13.1. The van der Waals surface area contributed by atoms with Crippen LogP contribution in [0.5, 0.6) is 0 Å². The zero-order chi connectivity index (χ0) is 17.0. The molecule has 1 aromatic carbocycles. The van der Waals surface area contributed by atoms with Crippen LogP contribution in [0.15, 0.2) is 29.2 Å². The molecule has 23 heavy (non-hydrogen) atoms. The third-order valence-electron chi connectivity index (χ3n) is 3.91. The van der Waals surface area contributed by atoms with Crippen LogP contribution in [0.4, 0.5) is 4.39 Å². The zero-order valence-corrected chi connectivity index (χ0v) is 14.4. The summed E-state index contributed by atoms with van der Waals surface area (Å²) in [7, 11) is -3.58. The minimum atomic E-state index is -3.58. The van der Waals surface area contributed by atoms with Crippen LogP contribution < -0.4 is 4.72 Å². The van der Waals surface area contributed by atoms with Crippen molar-refractivity contribution in [3.05, 3.63) is 29.8 Å². The van der Waals surface area contributed by atoms with E-state index in [-0.39, 0.29) is 17.4 Å². The number of hydrogen-bond donors (Lipinski definition) is 1. The van der Waals surface area contributed by atoms with Crippen molar-refractivity contribution in [1.29, 1.82) is 0 Å². The standard InChI is InChI=1S/C15H20ClFN2O3S/c1-11-4-6-13(7-5-11)23(21,22)18-9-12-3-2-8-19(10-12)15(20)14(16)17/h4-7,12,14,18H,2-3,8-10H2,1H3. The van der Waals surface area contributed by atoms with E-state index in [0.29, 0.717) is 19.5 Å². The van der Waals surface area contributed by atoms with E-state index in [0.717, 1.165) is 12.0 Å². The Labute approximate surface area is 140 Å². The molecular formula is C15H20ClFN2O3S. The largest absolute Gasteiger partial charge is 0.339 e. The average Bonchev–Trinajstić information content (AvgIpc) is 2.53. The van der Waals surface area contributed by atoms with E-state index in [1.165, 1.54) is 4.90 Å². The molecule has 1 aliphatic rings. The van der Waals surface area contributed by atoms with Gasteiger partial charge >= 0.3 is 0 Å². The first kappa shape index (κ1) is 18.2. The molecule has 1 amide bonds. The van der Waals surface area contributed by atoms with E-state index in [4.69, 9.17) is 11.6 Å². The van der Waals surface area contributed by atoms with Gasteiger partial charge in [-0.25, -0.2) is 17.5 Å². The molecule has 128 valence electrons. The maximum atomic E-state index is 12.9. The Kier molecular flexibility index (Phi) is 6.00. The fourth-order valence-electron chi connectivity index (χ4n) is 2.60. The maximum absolute atomic E-state index is 12.9. The summed E-state index contributed by atoms with van der Waals surface area (Å²) in [6.07, 6.45) is 1.48. The molecule has 2 rings (SSSR count). The predicted molar refractivity (Wildman–Crippen MR) is 86.4 cm³/mol. The molecule has 0 spiro atoms. The van der Waals surface area contributed by atoms with Crippen LogP contribution in [-0.2, 0) is 14.8 Å². The molecule has 1 saturated heterocycles. The molecule has 1 N–H and O–H groups in total. The fourth-order valence-corrected chi connectivity index (χ4v) is 3.85. The van der Waals surface area contributed by atoms with E-state index in [2.05, 4.69) is 4.72 Å². The van der Waals surface area contributed by atoms with Gasteiger partial charge in [0.2, 0.25) is 10.0 Å². The van der Waals surface area contributed by atoms with E-state index in [1.54, 1.807) is 24.3 Å². The van der Waals surface area contributed by atoms with Crippen molar-refractivity contribution >= 4 is 27.5 Å². The van der Waals surface area contributed by atoms with Gasteiger partial charge in [0.25, 0.3) is 11.5 Å². The number of rotatable bonds is 5. The molecular weight excluding hydrogens is 343 g/mol. The number of amides is 1. The molecule has 0 radical (unpaired) electrons. The van der Waals surface area contributed by atoms with E-state index in [1.807, 2.05) is 6.92 Å². The van der Waals surface area contributed by atoms with Crippen molar-refractivity contribution in [1.82, 2.24) is 9.62 Å². The highest BCUT2D eigenvalue weighted by Gasteiger charge is 2.28. The Hall–Kier alpha value is -1.18. The second kappa shape index (κ2) is 7.59. The van der Waals surface area contributed by atoms with Crippen LogP contribution in [-0.4, -0.2) is 44.5 Å². The van der Waals surface area contributed by atoms with Gasteiger partial charge in [0.1, 0.15) is 0 Å². The fraction of sp³-hybridized carbons (Fsp3) is 0.533. The van der Waals surface area contributed by atoms with Crippen LogP contribution >= 0.6 is 11.6 Å². The molecule has 1 aliphatic heterocycles. The van der Waals surface area contributed by atoms with Crippen LogP contribution in [0.25, 0.3) is 0 Å². The minimum absolute atomic E-state index is 0.0525. The van der Waals surface area contributed by atoms with Gasteiger partial charge in [-0.05, 0) is 37.8 Å². The summed E-state index contributed by atoms with van der Waals surface area (Å²) in [5, 5.41) is 0. The number of halogens is 2. The molecule has 2 atom stereocenters. The number of hydrogen-bond acceptors (Lipinski definition) is 3. The van der Waals surface area contributed by atoms with Crippen molar-refractivity contribution in [2.24, 2.45) is 5.92 Å². The lowest BCUT2D eigenvalue weighted by atomic mass is 9.98. The summed E-state index contributed by atoms with van der Waals surface area (Å²) in [6, 6.07) is 6.57. The summed E-state index contributed by atoms with van der Waals surface area (Å²) >= 11 is 5.18. The SMILES string of the molecule is Cc1ccc(S(=O)(=O)NCC2CCCN(C(=O)C(F)Cl)C2)cc1. The molecule has 5 nitrogen and oxygen atoms in total. The Bertz CT molecular complexity index is 649. The highest BCUT2D eigenvalue weighted by molar-refractivity contribution is 7.89. The van der Waals surface area contributed by atoms with Gasteiger partial charge in [0.05, 0.1) is 4.90 Å². The maximum Gasteiger partial charge on any atom is 0.272 e. The molecule has 0 aromatic heterocycles. The van der Waals surface area contributed by atoms with Gasteiger partial charge in [-0.1, -0.05) is 29.3 Å². The number of aryl methyl sites for hydroxylation is 1. The highest BCUT2D eigenvalue weighted by Crippen LogP contribution is 2.19. The van der Waals surface area contributed by atoms with E-state index < -0.39 is 21.6 Å². The summed E-state index contributed by atoms with van der Waals surface area (Å²) in [5.74, 6) is -0.805. The normalized spacial score (nSPS) is 20.3. The first-order chi connectivity index (χ1) is 10.8. The topological polar surface area (TPSA) is 66.5 Å². The zero-order valence-electron chi connectivity index (χ0n) is 12.8. The van der Waals surface area contributed by atoms with Gasteiger partial charge < -0.3 is 4.90 Å². The number of nitrogens with one attached hydrogen (secondary N) is 1. The number of carbonyl (C=O) groups excluding carboxylic acids is 1. The number of nitrogens with zero attached hydrogens (tertiary/aromatic N) is 1. The number of sulfonamides is 1. The number of benzene rings is 1. The van der Waals surface area contributed by atoms with Gasteiger partial charge in [-0.3, -0.25) is 4.79 Å². The smallest absolute Gasteiger partial charge is 0.272 e. The Balaban J connectivity index is 1.94. The molecule has 0 bridgehead atoms. The van der Waals surface area contributed by atoms with E-state index >= 15 is 0 Å². The third kappa shape index (κ3) is 4.89. The van der Waals surface area contributed by atoms with Gasteiger partial charge in [-0.15, -0.1) is 0 Å². The summed E-state index contributed by atoms with van der Waals surface area (Å²) in [5.41, 5.74) is -1.06. The van der Waals surface area contributed by atoms with Gasteiger partial charge in [0, 0.05) is 19.6 Å². The van der Waals surface area contributed by atoms with Crippen molar-refractivity contribution in [2.75, 3.05) is 19.6 Å². The molecule has 2 unspecified atom stereocenters. The quantitative estimate of drug-likeness (QED) is 0.815. The van der Waals surface area contributed by atoms with E-state index in [9.17, 15) is 17.6 Å². The Morgan fingerprint density at radius 1 is 1.43 bits per heavy atom. The lowest BCUT2D eigenvalue weighted by Gasteiger charge is -2.32. The number of likely N-dealkylation sites (tertiary alicyclic amines) is 1. The van der Waals surface area contributed by atoms with Gasteiger partial charge in [0.15, 0.2) is 0 Å². The van der Waals surface area contributed by atoms with Crippen molar-refractivity contribution < 1.29 is 17.6 Å². The average molecular weight is 363 g/mol. The Morgan fingerprint density at radius 2 is 2.09 bits per heavy atom. The molecule has 1 aromatic rings. The predicted octanol–water partition coefficient (Wildman–Crippen LogP) is 2.05. The number of carbonyl (C=O) groups is 1. The lowest BCUT2D eigenvalue weighted by Crippen LogP contribution is -2.45. The number of piperidine rings is 1. The first-order valence-corrected chi connectivity index (χ1v) is 9.35. The summed E-state index contributed by atoms with van der Waals surface area (Å²) in [6.45, 7) is 2.85. The number of alkyl halides is 2. The van der Waals surface area contributed by atoms with Crippen LogP contribution in [0, 0.1) is 12.8 Å². The lowest BCUT2D eigenvalue weighted by molar-refractivity contribution is -0.135. The van der Waals surface area contributed by atoms with Crippen molar-refractivity contribution in [2.45, 2.75) is 30.3 Å². The highest BCUT2D eigenvalue weighted by atomic mass is 35.5. The third-order valence-corrected chi connectivity index (χ3v) is 5.54. The van der Waals surface area contributed by atoms with Crippen LogP contribution in [0.3, 0.4) is 0 Å². The first-order valence-electron chi connectivity index (χ1n) is 7.43. The second-order valence-corrected chi connectivity index (χ2v) is 7.91. The van der Waals surface area contributed by atoms with Gasteiger partial charge in [-0.2, -0.15) is 0 Å². The molecule has 0 aliphatic carbocycles. The molecule has 8 heteroatoms. The van der Waals surface area contributed by atoms with Crippen LogP contribution in [0.2, 0.25) is 0 Å². The van der Waals surface area contributed by atoms with Crippen LogP contribution in [0.1, 0.15) is 18.4 Å². The van der Waals surface area contributed by atoms with Crippen molar-refractivity contribution in [3.8, 4) is 0 Å². The monoisotopic (exact) mass is 362 g/mol. The summed E-state index contributed by atoms with van der Waals surface area (Å²) < 4.78 is 39.9. The molecule has 1 heterocycles. The minimum Gasteiger partial charge on any atom is -0.339 e. The Morgan fingerprint density at radius 3 is 2.70 bits per heavy atom. The second-order valence-electron chi connectivity index (χ2n) is 5.76.